The summed E-state index contributed by atoms with van der Waals surface area (Å²) >= 11 is 0. The Hall–Kier alpha value is -3.64. The molecule has 2 rings (SSSR count). The molecule has 0 aliphatic carbocycles. The first kappa shape index (κ1) is 109. The van der Waals surface area contributed by atoms with Crippen LogP contribution in [0, 0.1) is 0 Å². The number of hydrogen-bond acceptors (Lipinski definition) is 14. The van der Waals surface area contributed by atoms with E-state index in [1.165, 1.54) is 333 Å². The summed E-state index contributed by atoms with van der Waals surface area (Å²) in [7, 11) is -9.63. The van der Waals surface area contributed by atoms with Gasteiger partial charge < -0.3 is 28.1 Å². The van der Waals surface area contributed by atoms with Crippen molar-refractivity contribution >= 4 is 81.9 Å². The Morgan fingerprint density at radius 1 is 0.239 bits per heavy atom. The average Bonchev–Trinajstić information content (AvgIpc) is 0.814. The predicted molar refractivity (Wildman–Crippen MR) is 470 cm³/mol. The predicted octanol–water partition coefficient (Wildman–Crippen LogP) is 28.7. The van der Waals surface area contributed by atoms with E-state index in [-0.39, 0.29) is 86.4 Å². The molecule has 0 saturated carbocycles. The molecular formula is C96H162CaO14S2. The molecule has 17 heteroatoms. The molecule has 0 aliphatic rings. The minimum Gasteiger partial charge on any atom is -0.744 e. The van der Waals surface area contributed by atoms with E-state index in [1.807, 2.05) is 0 Å². The van der Waals surface area contributed by atoms with Crippen molar-refractivity contribution in [3.05, 3.63) is 107 Å². The van der Waals surface area contributed by atoms with Gasteiger partial charge in [0.15, 0.2) is 0 Å². The largest absolute Gasteiger partial charge is 2.00 e. The maximum absolute atomic E-state index is 13.0. The third kappa shape index (κ3) is 67.9. The molecule has 0 fully saturated rings. The third-order valence-electron chi connectivity index (χ3n) is 20.9. The van der Waals surface area contributed by atoms with Gasteiger partial charge in [0.05, 0.1) is 58.5 Å². The van der Waals surface area contributed by atoms with Gasteiger partial charge in [-0.05, 0) is 139 Å². The van der Waals surface area contributed by atoms with Crippen LogP contribution < -0.4 is 0 Å². The zero-order chi connectivity index (χ0) is 81.6. The van der Waals surface area contributed by atoms with Crippen LogP contribution in [-0.2, 0) is 39.2 Å². The zero-order valence-electron chi connectivity index (χ0n) is 72.4. The van der Waals surface area contributed by atoms with Gasteiger partial charge in [0.2, 0.25) is 0 Å². The van der Waals surface area contributed by atoms with Crippen LogP contribution in [0.1, 0.15) is 480 Å². The van der Waals surface area contributed by atoms with Crippen molar-refractivity contribution in [1.29, 1.82) is 0 Å². The van der Waals surface area contributed by atoms with E-state index in [0.29, 0.717) is 25.7 Å². The van der Waals surface area contributed by atoms with Crippen LogP contribution in [0.2, 0.25) is 0 Å². The minimum atomic E-state index is -4.82. The number of benzene rings is 2. The van der Waals surface area contributed by atoms with E-state index in [9.17, 15) is 45.1 Å². The Labute approximate surface area is 722 Å². The van der Waals surface area contributed by atoms with Gasteiger partial charge in [-0.2, -0.15) is 0 Å². The molecule has 0 aromatic heterocycles. The van der Waals surface area contributed by atoms with Gasteiger partial charge in [0, 0.05) is 0 Å². The van der Waals surface area contributed by atoms with Crippen molar-refractivity contribution in [3.8, 4) is 0 Å². The minimum absolute atomic E-state index is 0. The summed E-state index contributed by atoms with van der Waals surface area (Å²) in [6.45, 7) is 9.61. The maximum Gasteiger partial charge on any atom is 2.00 e. The van der Waals surface area contributed by atoms with Crippen molar-refractivity contribution in [3.63, 3.8) is 0 Å². The molecule has 2 aromatic carbocycles. The number of hydrogen-bond donors (Lipinski definition) is 0. The molecule has 0 amide bonds. The summed E-state index contributed by atoms with van der Waals surface area (Å²) in [5, 5.41) is 0. The normalized spacial score (nSPS) is 11.8. The van der Waals surface area contributed by atoms with Crippen LogP contribution in [0.5, 0.6) is 0 Å². The molecule has 0 saturated heterocycles. The second kappa shape index (κ2) is 80.8. The first-order valence-electron chi connectivity index (χ1n) is 46.1. The van der Waals surface area contributed by atoms with Crippen molar-refractivity contribution in [2.45, 2.75) is 448 Å². The van der Waals surface area contributed by atoms with Crippen molar-refractivity contribution < 1.29 is 64.1 Å². The molecule has 113 heavy (non-hydrogen) atoms. The van der Waals surface area contributed by atoms with Crippen LogP contribution >= 0.6 is 0 Å². The SMILES string of the molecule is CCC/C=C/CCCCCCCCCCCCCCCOC(=O)c1ccc(S(=O)(=O)[O-])cc1C(=O)OCCCCCCCCCCCCCCC/C=C/CCC.CCC/C=C/CCCCCCCCCCCCCCCOC(=O)c1ccc(S(=O)(=O)[O-])cc1C(=O)OCCCCCCCCCCCCCCC/C=C/CCC.[Ca+2]. The summed E-state index contributed by atoms with van der Waals surface area (Å²) in [5.74, 6) is -3.09. The number of unbranched alkanes of at least 4 members (excludes halogenated alkanes) is 56. The maximum atomic E-state index is 13.0. The van der Waals surface area contributed by atoms with Gasteiger partial charge in [0.25, 0.3) is 0 Å². The molecule has 0 bridgehead atoms. The molecular weight excluding hydrogens is 1480 g/mol. The monoisotopic (exact) mass is 1640 g/mol. The molecule has 0 aliphatic heterocycles. The molecule has 2 aromatic rings. The Morgan fingerprint density at radius 3 is 0.558 bits per heavy atom. The van der Waals surface area contributed by atoms with Gasteiger partial charge in [-0.15, -0.1) is 0 Å². The number of carbonyl (C=O) groups excluding carboxylic acids is 4. The summed E-state index contributed by atoms with van der Waals surface area (Å²) in [6.07, 6.45) is 95.8. The van der Waals surface area contributed by atoms with Crippen LogP contribution in [0.4, 0.5) is 0 Å². The quantitative estimate of drug-likeness (QED) is 0.0150. The first-order chi connectivity index (χ1) is 54.6. The zero-order valence-corrected chi connectivity index (χ0v) is 76.2. The molecule has 0 spiro atoms. The van der Waals surface area contributed by atoms with Gasteiger partial charge in [-0.25, -0.2) is 36.0 Å². The number of allylic oxidation sites excluding steroid dienone is 8. The summed E-state index contributed by atoms with van der Waals surface area (Å²) in [4.78, 5) is 50.6. The van der Waals surface area contributed by atoms with E-state index < -0.39 is 53.9 Å². The number of carbonyl (C=O) groups is 4. The standard InChI is InChI=1S/2C48H82O7S.Ca/c2*1-3-5-7-9-11-13-15-17-19-21-23-25-27-29-31-33-35-37-41-54-47(49)45-40-39-44(56(51,52)53)43-46(45)48(50)55-42-38-36-34-32-30-28-26-24-22-20-18-16-14-12-10-8-6-4-2;/h2*7-10,39-40,43H,3-6,11-38,41-42H2,1-2H3,(H,51,52,53);/q;;+2/p-2/b2*9-7+,10-8+;. The first-order valence-corrected chi connectivity index (χ1v) is 48.9. The number of rotatable bonds is 78. The Kier molecular flexibility index (Phi) is 78.2. The summed E-state index contributed by atoms with van der Waals surface area (Å²) in [6, 6.07) is 6.29. The molecule has 644 valence electrons. The fourth-order valence-electron chi connectivity index (χ4n) is 13.9. The van der Waals surface area contributed by atoms with Gasteiger partial charge in [-0.3, -0.25) is 0 Å². The summed E-state index contributed by atoms with van der Waals surface area (Å²) < 4.78 is 91.7. The molecule has 0 radical (unpaired) electrons. The average molecular weight is 1640 g/mol. The molecule has 14 nitrogen and oxygen atoms in total. The van der Waals surface area contributed by atoms with Gasteiger partial charge in [0.1, 0.15) is 20.2 Å². The van der Waals surface area contributed by atoms with Crippen molar-refractivity contribution in [1.82, 2.24) is 0 Å². The fraction of sp³-hybridized carbons (Fsp3) is 0.750. The van der Waals surface area contributed by atoms with E-state index in [2.05, 4.69) is 76.3 Å². The van der Waals surface area contributed by atoms with E-state index in [4.69, 9.17) is 18.9 Å². The second-order valence-corrected chi connectivity index (χ2v) is 34.2. The fourth-order valence-corrected chi connectivity index (χ4v) is 14.9. The third-order valence-corrected chi connectivity index (χ3v) is 22.6. The Balaban J connectivity index is 0.00000220. The molecule has 0 heterocycles. The topological polar surface area (TPSA) is 220 Å². The van der Waals surface area contributed by atoms with E-state index in [1.54, 1.807) is 0 Å². The van der Waals surface area contributed by atoms with Gasteiger partial charge >= 0.3 is 61.6 Å². The number of esters is 4. The van der Waals surface area contributed by atoms with E-state index in [0.717, 1.165) is 88.5 Å². The van der Waals surface area contributed by atoms with Crippen LogP contribution in [0.15, 0.2) is 94.8 Å². The Bertz CT molecular complexity index is 2740. The Morgan fingerprint density at radius 2 is 0.389 bits per heavy atom. The number of ether oxygens (including phenoxy) is 4. The van der Waals surface area contributed by atoms with Gasteiger partial charge in [-0.1, -0.05) is 385 Å². The smallest absolute Gasteiger partial charge is 0.744 e. The molecule has 0 atom stereocenters. The second-order valence-electron chi connectivity index (χ2n) is 31.4. The molecule has 0 N–H and O–H groups in total. The van der Waals surface area contributed by atoms with E-state index >= 15 is 0 Å². The van der Waals surface area contributed by atoms with Crippen LogP contribution in [-0.4, -0.2) is 114 Å². The van der Waals surface area contributed by atoms with Crippen molar-refractivity contribution in [2.24, 2.45) is 0 Å². The van der Waals surface area contributed by atoms with Crippen LogP contribution in [0.3, 0.4) is 0 Å². The molecule has 0 unspecified atom stereocenters. The summed E-state index contributed by atoms with van der Waals surface area (Å²) in [5.41, 5.74) is -0.669. The van der Waals surface area contributed by atoms with Crippen molar-refractivity contribution in [2.75, 3.05) is 26.4 Å². The van der Waals surface area contributed by atoms with Crippen LogP contribution in [0.25, 0.3) is 0 Å².